The fraction of sp³-hybridized carbons (Fsp3) is 0.286. The fourth-order valence-electron chi connectivity index (χ4n) is 2.86. The summed E-state index contributed by atoms with van der Waals surface area (Å²) in [6.07, 6.45) is -0.364. The fourth-order valence-corrected chi connectivity index (χ4v) is 4.55. The van der Waals surface area contributed by atoms with Gasteiger partial charge in [0.15, 0.2) is 17.1 Å². The van der Waals surface area contributed by atoms with Crippen molar-refractivity contribution in [2.24, 2.45) is 0 Å². The number of hydrogen-bond donors (Lipinski definition) is 1. The Morgan fingerprint density at radius 1 is 1.23 bits per heavy atom. The van der Waals surface area contributed by atoms with Gasteiger partial charge in [0, 0.05) is 11.0 Å². The maximum absolute atomic E-state index is 12.4. The Morgan fingerprint density at radius 2 is 2.00 bits per heavy atom. The van der Waals surface area contributed by atoms with Crippen LogP contribution in [0.1, 0.15) is 31.3 Å². The summed E-state index contributed by atoms with van der Waals surface area (Å²) in [4.78, 5) is 12.4. The van der Waals surface area contributed by atoms with Crippen LogP contribution in [0.4, 0.5) is 5.69 Å². The molecule has 1 aromatic heterocycles. The molecule has 0 aliphatic heterocycles. The zero-order valence-corrected chi connectivity index (χ0v) is 21.1. The van der Waals surface area contributed by atoms with Gasteiger partial charge in [0.25, 0.3) is 0 Å². The molecule has 0 saturated carbocycles. The van der Waals surface area contributed by atoms with Crippen molar-refractivity contribution in [2.45, 2.75) is 38.6 Å². The second kappa shape index (κ2) is 10.7. The molecule has 1 atom stereocenters. The van der Waals surface area contributed by atoms with E-state index >= 15 is 0 Å². The predicted molar refractivity (Wildman–Crippen MR) is 129 cm³/mol. The van der Waals surface area contributed by atoms with Gasteiger partial charge in [0.05, 0.1) is 21.5 Å². The molecule has 3 aromatic rings. The van der Waals surface area contributed by atoms with E-state index in [0.29, 0.717) is 39.0 Å². The first-order valence-corrected chi connectivity index (χ1v) is 12.1. The molecule has 1 N–H and O–H groups in total. The molecule has 1 heterocycles. The highest BCUT2D eigenvalue weighted by Gasteiger charge is 2.20. The van der Waals surface area contributed by atoms with Gasteiger partial charge in [-0.3, -0.25) is 4.79 Å². The van der Waals surface area contributed by atoms with Crippen molar-refractivity contribution >= 4 is 62.5 Å². The van der Waals surface area contributed by atoms with E-state index in [9.17, 15) is 4.79 Å². The number of aryl methyl sites for hydroxylation is 1. The molecule has 3 rings (SSSR count). The first-order chi connectivity index (χ1) is 14.8. The van der Waals surface area contributed by atoms with Crippen molar-refractivity contribution in [3.63, 3.8) is 0 Å². The zero-order chi connectivity index (χ0) is 22.5. The molecule has 0 aliphatic carbocycles. The molecule has 0 fully saturated rings. The first-order valence-electron chi connectivity index (χ1n) is 9.52. The van der Waals surface area contributed by atoms with E-state index in [1.165, 1.54) is 11.8 Å². The number of aromatic nitrogens is 3. The highest BCUT2D eigenvalue weighted by molar-refractivity contribution is 9.10. The summed E-state index contributed by atoms with van der Waals surface area (Å²) in [6.45, 7) is 6.50. The number of rotatable bonds is 8. The van der Waals surface area contributed by atoms with Crippen molar-refractivity contribution < 1.29 is 9.53 Å². The average Bonchev–Trinajstić information content (AvgIpc) is 3.14. The molecule has 0 saturated heterocycles. The van der Waals surface area contributed by atoms with E-state index in [1.807, 2.05) is 43.5 Å². The van der Waals surface area contributed by atoms with Crippen LogP contribution >= 0.6 is 50.9 Å². The lowest BCUT2D eigenvalue weighted by Gasteiger charge is -2.17. The van der Waals surface area contributed by atoms with Gasteiger partial charge in [0.1, 0.15) is 5.75 Å². The smallest absolute Gasteiger partial charge is 0.234 e. The number of anilines is 1. The minimum Gasteiger partial charge on any atom is -0.481 e. The Morgan fingerprint density at radius 3 is 2.71 bits per heavy atom. The highest BCUT2D eigenvalue weighted by atomic mass is 79.9. The minimum absolute atomic E-state index is 0.170. The summed E-state index contributed by atoms with van der Waals surface area (Å²) in [5, 5.41) is 13.0. The Kier molecular flexibility index (Phi) is 8.27. The maximum atomic E-state index is 12.4. The number of hydrogen-bond acceptors (Lipinski definition) is 5. The quantitative estimate of drug-likeness (QED) is 0.326. The Labute approximate surface area is 203 Å². The number of carbonyl (C=O) groups excluding carboxylic acids is 1. The van der Waals surface area contributed by atoms with Gasteiger partial charge in [-0.1, -0.05) is 57.0 Å². The van der Waals surface area contributed by atoms with Crippen molar-refractivity contribution in [1.82, 2.24) is 14.8 Å². The van der Waals surface area contributed by atoms with Crippen LogP contribution in [0.25, 0.3) is 0 Å². The average molecular weight is 544 g/mol. The van der Waals surface area contributed by atoms with E-state index in [2.05, 4.69) is 31.4 Å². The van der Waals surface area contributed by atoms with Crippen molar-refractivity contribution in [3.8, 4) is 5.75 Å². The number of halogens is 3. The summed E-state index contributed by atoms with van der Waals surface area (Å²) in [7, 11) is 0. The molecule has 164 valence electrons. The molecular formula is C21H21BrCl2N4O2S. The molecular weight excluding hydrogens is 523 g/mol. The molecule has 1 unspecified atom stereocenters. The van der Waals surface area contributed by atoms with Gasteiger partial charge in [-0.25, -0.2) is 0 Å². The normalized spacial score (nSPS) is 11.9. The molecule has 6 nitrogen and oxygen atoms in total. The molecule has 31 heavy (non-hydrogen) atoms. The number of nitrogens with zero attached hydrogens (tertiary/aromatic N) is 3. The Hall–Kier alpha value is -1.74. The number of carbonyl (C=O) groups is 1. The largest absolute Gasteiger partial charge is 0.481 e. The molecule has 0 spiro atoms. The zero-order valence-electron chi connectivity index (χ0n) is 17.2. The third-order valence-electron chi connectivity index (χ3n) is 4.35. The second-order valence-electron chi connectivity index (χ2n) is 6.74. The third-order valence-corrected chi connectivity index (χ3v) is 6.44. The minimum atomic E-state index is -0.364. The van der Waals surface area contributed by atoms with E-state index in [0.717, 1.165) is 10.0 Å². The standard InChI is InChI=1S/C21H21BrCl2N4O2S/c1-4-28-20(13(3)30-18-9-12(2)5-7-15(18)23)26-27-21(28)31-11-19(29)25-17-8-6-14(22)10-16(17)24/h5-10,13H,4,11H2,1-3H3,(H,25,29). The van der Waals surface area contributed by atoms with Crippen molar-refractivity contribution in [1.29, 1.82) is 0 Å². The lowest BCUT2D eigenvalue weighted by atomic mass is 10.2. The van der Waals surface area contributed by atoms with Crippen molar-refractivity contribution in [2.75, 3.05) is 11.1 Å². The van der Waals surface area contributed by atoms with Crippen LogP contribution in [-0.2, 0) is 11.3 Å². The third kappa shape index (κ3) is 6.16. The van der Waals surface area contributed by atoms with E-state index in [1.54, 1.807) is 18.2 Å². The van der Waals surface area contributed by atoms with Crippen LogP contribution in [-0.4, -0.2) is 26.4 Å². The second-order valence-corrected chi connectivity index (χ2v) is 9.41. The molecule has 10 heteroatoms. The van der Waals surface area contributed by atoms with Crippen LogP contribution < -0.4 is 10.1 Å². The summed E-state index contributed by atoms with van der Waals surface area (Å²) in [6, 6.07) is 10.9. The van der Waals surface area contributed by atoms with Gasteiger partial charge in [-0.2, -0.15) is 0 Å². The van der Waals surface area contributed by atoms with Crippen LogP contribution in [0.2, 0.25) is 10.0 Å². The summed E-state index contributed by atoms with van der Waals surface area (Å²) in [5.74, 6) is 1.25. The summed E-state index contributed by atoms with van der Waals surface area (Å²) in [5.41, 5.74) is 1.61. The van der Waals surface area contributed by atoms with E-state index in [4.69, 9.17) is 27.9 Å². The monoisotopic (exact) mass is 542 g/mol. The van der Waals surface area contributed by atoms with Crippen LogP contribution in [0.3, 0.4) is 0 Å². The number of benzene rings is 2. The van der Waals surface area contributed by atoms with Crippen molar-refractivity contribution in [3.05, 3.63) is 62.3 Å². The topological polar surface area (TPSA) is 69.0 Å². The predicted octanol–water partition coefficient (Wildman–Crippen LogP) is 6.55. The molecule has 0 bridgehead atoms. The summed E-state index contributed by atoms with van der Waals surface area (Å²) >= 11 is 17.1. The van der Waals surface area contributed by atoms with E-state index < -0.39 is 0 Å². The lowest BCUT2D eigenvalue weighted by molar-refractivity contribution is -0.113. The van der Waals surface area contributed by atoms with E-state index in [-0.39, 0.29) is 17.8 Å². The Balaban J connectivity index is 1.66. The number of thioether (sulfide) groups is 1. The van der Waals surface area contributed by atoms with Gasteiger partial charge in [-0.05, 0) is 56.7 Å². The number of nitrogens with one attached hydrogen (secondary N) is 1. The lowest BCUT2D eigenvalue weighted by Crippen LogP contribution is -2.15. The first kappa shape index (κ1) is 23.9. The van der Waals surface area contributed by atoms with Crippen LogP contribution in [0.15, 0.2) is 46.0 Å². The van der Waals surface area contributed by atoms with Gasteiger partial charge < -0.3 is 14.6 Å². The van der Waals surface area contributed by atoms with Crippen LogP contribution in [0, 0.1) is 6.92 Å². The van der Waals surface area contributed by atoms with Gasteiger partial charge in [0.2, 0.25) is 5.91 Å². The maximum Gasteiger partial charge on any atom is 0.234 e. The molecule has 0 aliphatic rings. The molecule has 1 amide bonds. The number of ether oxygens (including phenoxy) is 1. The Bertz CT molecular complexity index is 1090. The number of amides is 1. The van der Waals surface area contributed by atoms with Gasteiger partial charge in [-0.15, -0.1) is 10.2 Å². The summed E-state index contributed by atoms with van der Waals surface area (Å²) < 4.78 is 8.81. The SMILES string of the molecule is CCn1c(SCC(=O)Nc2ccc(Br)cc2Cl)nnc1C(C)Oc1cc(C)ccc1Cl. The van der Waals surface area contributed by atoms with Crippen LogP contribution in [0.5, 0.6) is 5.75 Å². The molecule has 2 aromatic carbocycles. The van der Waals surface area contributed by atoms with Gasteiger partial charge >= 0.3 is 0 Å². The molecule has 0 radical (unpaired) electrons. The highest BCUT2D eigenvalue weighted by Crippen LogP contribution is 2.31.